The normalized spacial score (nSPS) is 15.8. The Morgan fingerprint density at radius 3 is 2.83 bits per heavy atom. The molecule has 0 spiro atoms. The van der Waals surface area contributed by atoms with Gasteiger partial charge in [-0.3, -0.25) is 9.58 Å². The first kappa shape index (κ1) is 17.1. The number of hydrogen-bond donors (Lipinski definition) is 1. The van der Waals surface area contributed by atoms with E-state index < -0.39 is 10.0 Å². The van der Waals surface area contributed by atoms with Crippen LogP contribution in [0.3, 0.4) is 0 Å². The molecule has 3 rings (SSSR count). The molecule has 0 unspecified atom stereocenters. The Morgan fingerprint density at radius 1 is 1.33 bits per heavy atom. The molecule has 0 saturated heterocycles. The zero-order valence-corrected chi connectivity index (χ0v) is 15.1. The maximum absolute atomic E-state index is 11.2. The van der Waals surface area contributed by atoms with Crippen LogP contribution in [0, 0.1) is 0 Å². The van der Waals surface area contributed by atoms with Gasteiger partial charge in [-0.15, -0.1) is 0 Å². The summed E-state index contributed by atoms with van der Waals surface area (Å²) < 4.78 is 29.0. The molecule has 1 aliphatic heterocycles. The van der Waals surface area contributed by atoms with Crippen molar-refractivity contribution in [3.63, 3.8) is 0 Å². The van der Waals surface area contributed by atoms with Gasteiger partial charge in [0.1, 0.15) is 5.82 Å². The van der Waals surface area contributed by atoms with Crippen LogP contribution in [0.2, 0.25) is 0 Å². The predicted molar refractivity (Wildman–Crippen MR) is 90.6 cm³/mol. The maximum Gasteiger partial charge on any atom is 0.209 e. The van der Waals surface area contributed by atoms with E-state index in [0.29, 0.717) is 6.04 Å². The summed E-state index contributed by atoms with van der Waals surface area (Å²) >= 11 is 0. The van der Waals surface area contributed by atoms with Gasteiger partial charge in [-0.05, 0) is 19.9 Å². The number of fused-ring (bicyclic) bond motifs is 1. The molecule has 1 N–H and O–H groups in total. The number of hydrogen-bond acceptors (Lipinski definition) is 5. The Morgan fingerprint density at radius 2 is 2.12 bits per heavy atom. The molecule has 0 atom stereocenters. The molecule has 9 heteroatoms. The third-order valence-corrected chi connectivity index (χ3v) is 4.78. The van der Waals surface area contributed by atoms with Crippen LogP contribution in [0.25, 0.3) is 0 Å². The molecule has 2 aromatic heterocycles. The van der Waals surface area contributed by atoms with E-state index in [0.717, 1.165) is 49.6 Å². The Bertz CT molecular complexity index is 808. The number of imidazole rings is 1. The Labute approximate surface area is 142 Å². The van der Waals surface area contributed by atoms with E-state index >= 15 is 0 Å². The monoisotopic (exact) mass is 352 g/mol. The van der Waals surface area contributed by atoms with Crippen LogP contribution in [0.15, 0.2) is 18.5 Å². The van der Waals surface area contributed by atoms with Crippen molar-refractivity contribution in [2.75, 3.05) is 12.8 Å². The summed E-state index contributed by atoms with van der Waals surface area (Å²) in [4.78, 5) is 6.81. The van der Waals surface area contributed by atoms with Gasteiger partial charge in [0.05, 0.1) is 37.3 Å². The highest BCUT2D eigenvalue weighted by Crippen LogP contribution is 2.17. The molecule has 3 heterocycles. The SMILES string of the molecule is CC(C)n1ccnc1CN1CCn2nc(CNS(C)(=O)=O)cc2C1. The number of rotatable bonds is 6. The highest BCUT2D eigenvalue weighted by molar-refractivity contribution is 7.88. The van der Waals surface area contributed by atoms with Gasteiger partial charge < -0.3 is 4.57 Å². The maximum atomic E-state index is 11.2. The minimum absolute atomic E-state index is 0.233. The van der Waals surface area contributed by atoms with E-state index in [4.69, 9.17) is 0 Å². The number of sulfonamides is 1. The van der Waals surface area contributed by atoms with Crippen LogP contribution >= 0.6 is 0 Å². The fourth-order valence-electron chi connectivity index (χ4n) is 2.94. The summed E-state index contributed by atoms with van der Waals surface area (Å²) in [6.45, 7) is 7.82. The van der Waals surface area contributed by atoms with Gasteiger partial charge in [-0.25, -0.2) is 18.1 Å². The average Bonchev–Trinajstić information content (AvgIpc) is 3.10. The fraction of sp³-hybridized carbons (Fsp3) is 0.600. The van der Waals surface area contributed by atoms with Gasteiger partial charge in [-0.2, -0.15) is 5.10 Å². The van der Waals surface area contributed by atoms with E-state index in [1.807, 2.05) is 23.1 Å². The number of aromatic nitrogens is 4. The predicted octanol–water partition coefficient (Wildman–Crippen LogP) is 0.726. The number of nitrogens with one attached hydrogen (secondary N) is 1. The van der Waals surface area contributed by atoms with Crippen LogP contribution in [0.1, 0.15) is 37.1 Å². The van der Waals surface area contributed by atoms with Gasteiger partial charge in [0.15, 0.2) is 0 Å². The lowest BCUT2D eigenvalue weighted by Gasteiger charge is -2.27. The minimum atomic E-state index is -3.20. The first-order valence-electron chi connectivity index (χ1n) is 8.06. The second kappa shape index (κ2) is 6.66. The molecule has 0 fully saturated rings. The van der Waals surface area contributed by atoms with Crippen molar-refractivity contribution in [2.24, 2.45) is 0 Å². The largest absolute Gasteiger partial charge is 0.331 e. The van der Waals surface area contributed by atoms with E-state index in [-0.39, 0.29) is 6.54 Å². The molecular formula is C15H24N6O2S. The summed E-state index contributed by atoms with van der Waals surface area (Å²) in [5.74, 6) is 1.07. The molecule has 1 aliphatic rings. The molecule has 8 nitrogen and oxygen atoms in total. The van der Waals surface area contributed by atoms with Crippen molar-refractivity contribution in [2.45, 2.75) is 46.1 Å². The summed E-state index contributed by atoms with van der Waals surface area (Å²) in [6.07, 6.45) is 5.02. The molecule has 132 valence electrons. The summed E-state index contributed by atoms with van der Waals surface area (Å²) in [6, 6.07) is 2.37. The second-order valence-corrected chi connectivity index (χ2v) is 8.33. The Balaban J connectivity index is 1.66. The lowest BCUT2D eigenvalue weighted by atomic mass is 10.2. The average molecular weight is 352 g/mol. The lowest BCUT2D eigenvalue weighted by Crippen LogP contribution is -2.34. The zero-order valence-electron chi connectivity index (χ0n) is 14.3. The van der Waals surface area contributed by atoms with Crippen molar-refractivity contribution < 1.29 is 8.42 Å². The van der Waals surface area contributed by atoms with Crippen LogP contribution in [-0.4, -0.2) is 45.4 Å². The molecular weight excluding hydrogens is 328 g/mol. The smallest absolute Gasteiger partial charge is 0.209 e. The Kier molecular flexibility index (Phi) is 4.75. The Hall–Kier alpha value is -1.71. The second-order valence-electron chi connectivity index (χ2n) is 6.50. The van der Waals surface area contributed by atoms with Crippen molar-refractivity contribution in [3.8, 4) is 0 Å². The van der Waals surface area contributed by atoms with Crippen LogP contribution < -0.4 is 4.72 Å². The van der Waals surface area contributed by atoms with Gasteiger partial charge in [0, 0.05) is 31.5 Å². The third kappa shape index (κ3) is 4.03. The first-order valence-corrected chi connectivity index (χ1v) is 9.95. The molecule has 0 saturated carbocycles. The molecule has 0 aromatic carbocycles. The van der Waals surface area contributed by atoms with E-state index in [2.05, 4.69) is 38.1 Å². The van der Waals surface area contributed by atoms with Crippen molar-refractivity contribution in [1.82, 2.24) is 29.0 Å². The first-order chi connectivity index (χ1) is 11.3. The van der Waals surface area contributed by atoms with Crippen molar-refractivity contribution >= 4 is 10.0 Å². The van der Waals surface area contributed by atoms with Crippen LogP contribution in [0.5, 0.6) is 0 Å². The van der Waals surface area contributed by atoms with Crippen LogP contribution in [-0.2, 0) is 36.2 Å². The molecule has 0 radical (unpaired) electrons. The van der Waals surface area contributed by atoms with Gasteiger partial charge >= 0.3 is 0 Å². The topological polar surface area (TPSA) is 85.1 Å². The highest BCUT2D eigenvalue weighted by Gasteiger charge is 2.20. The third-order valence-electron chi connectivity index (χ3n) is 4.11. The lowest BCUT2D eigenvalue weighted by molar-refractivity contribution is 0.197. The summed E-state index contributed by atoms with van der Waals surface area (Å²) in [5.41, 5.74) is 1.86. The van der Waals surface area contributed by atoms with E-state index in [1.165, 1.54) is 0 Å². The van der Waals surface area contributed by atoms with Gasteiger partial charge in [-0.1, -0.05) is 0 Å². The van der Waals surface area contributed by atoms with E-state index in [9.17, 15) is 8.42 Å². The molecule has 2 aromatic rings. The summed E-state index contributed by atoms with van der Waals surface area (Å²) in [7, 11) is -3.20. The van der Waals surface area contributed by atoms with Crippen molar-refractivity contribution in [1.29, 1.82) is 0 Å². The summed E-state index contributed by atoms with van der Waals surface area (Å²) in [5, 5.41) is 4.47. The fourth-order valence-corrected chi connectivity index (χ4v) is 3.35. The van der Waals surface area contributed by atoms with E-state index in [1.54, 1.807) is 0 Å². The molecule has 0 aliphatic carbocycles. The number of nitrogens with zero attached hydrogens (tertiary/aromatic N) is 5. The minimum Gasteiger partial charge on any atom is -0.331 e. The molecule has 0 bridgehead atoms. The zero-order chi connectivity index (χ0) is 17.3. The van der Waals surface area contributed by atoms with Gasteiger partial charge in [0.25, 0.3) is 0 Å². The highest BCUT2D eigenvalue weighted by atomic mass is 32.2. The standard InChI is InChI=1S/C15H24N6O2S/c1-12(2)20-5-4-16-15(20)11-19-6-7-21-14(10-19)8-13(18-21)9-17-24(3,22)23/h4-5,8,12,17H,6-7,9-11H2,1-3H3. The van der Waals surface area contributed by atoms with Gasteiger partial charge in [0.2, 0.25) is 10.0 Å². The van der Waals surface area contributed by atoms with Crippen LogP contribution in [0.4, 0.5) is 0 Å². The quantitative estimate of drug-likeness (QED) is 0.828. The molecule has 0 amide bonds. The van der Waals surface area contributed by atoms with Crippen molar-refractivity contribution in [3.05, 3.63) is 35.7 Å². The molecule has 24 heavy (non-hydrogen) atoms.